The number of nitrogens with two attached hydrogens (primary N) is 1. The molecule has 2 aromatic rings. The average Bonchev–Trinajstić information content (AvgIpc) is 2.38. The molecule has 0 aliphatic carbocycles. The number of hydrazine groups is 1. The molecule has 0 aliphatic heterocycles. The van der Waals surface area contributed by atoms with Gasteiger partial charge < -0.3 is 5.73 Å². The molecule has 0 radical (unpaired) electrons. The molecule has 3 nitrogen and oxygen atoms in total. The number of nitrogens with zero attached hydrogens (tertiary/aromatic N) is 1. The first kappa shape index (κ1) is 12.5. The zero-order chi connectivity index (χ0) is 13.0. The Morgan fingerprint density at radius 2 is 1.44 bits per heavy atom. The molecule has 3 heteroatoms. The van der Waals surface area contributed by atoms with Crippen molar-refractivity contribution in [2.45, 2.75) is 19.9 Å². The third kappa shape index (κ3) is 3.02. The number of nitrogen functional groups attached to an aromatic ring is 1. The number of nitrogens with one attached hydrogen (secondary N) is 1. The summed E-state index contributed by atoms with van der Waals surface area (Å²) in [7, 11) is 0. The highest BCUT2D eigenvalue weighted by Crippen LogP contribution is 2.24. The van der Waals surface area contributed by atoms with Crippen molar-refractivity contribution in [1.29, 1.82) is 0 Å². The van der Waals surface area contributed by atoms with Crippen LogP contribution in [-0.2, 0) is 0 Å². The molecule has 0 bridgehead atoms. The summed E-state index contributed by atoms with van der Waals surface area (Å²) in [4.78, 5) is 0. The van der Waals surface area contributed by atoms with Gasteiger partial charge in [0, 0.05) is 11.7 Å². The summed E-state index contributed by atoms with van der Waals surface area (Å²) in [5.74, 6) is 0. The van der Waals surface area contributed by atoms with E-state index in [1.165, 1.54) is 0 Å². The Labute approximate surface area is 108 Å². The molecular formula is C15H19N3. The molecule has 0 fully saturated rings. The predicted octanol–water partition coefficient (Wildman–Crippen LogP) is 3.32. The van der Waals surface area contributed by atoms with Gasteiger partial charge in [0.25, 0.3) is 0 Å². The second-order valence-electron chi connectivity index (χ2n) is 4.55. The molecule has 2 aromatic carbocycles. The lowest BCUT2D eigenvalue weighted by Crippen LogP contribution is -2.38. The van der Waals surface area contributed by atoms with E-state index in [-0.39, 0.29) is 0 Å². The van der Waals surface area contributed by atoms with Gasteiger partial charge in [-0.2, -0.15) is 0 Å². The van der Waals surface area contributed by atoms with Crippen molar-refractivity contribution in [3.05, 3.63) is 54.6 Å². The fraction of sp³-hybridized carbons (Fsp3) is 0.200. The van der Waals surface area contributed by atoms with Crippen LogP contribution >= 0.6 is 0 Å². The van der Waals surface area contributed by atoms with E-state index in [0.717, 1.165) is 17.1 Å². The molecule has 0 heterocycles. The van der Waals surface area contributed by atoms with E-state index in [4.69, 9.17) is 5.73 Å². The van der Waals surface area contributed by atoms with E-state index in [0.29, 0.717) is 6.04 Å². The van der Waals surface area contributed by atoms with Crippen LogP contribution in [0.3, 0.4) is 0 Å². The molecule has 0 aliphatic rings. The Balaban J connectivity index is 2.33. The van der Waals surface area contributed by atoms with Crippen LogP contribution < -0.4 is 16.2 Å². The SMILES string of the molecule is CC(C)NN(c1ccccc1)c1ccc(N)cc1. The minimum atomic E-state index is 0.350. The van der Waals surface area contributed by atoms with Gasteiger partial charge in [0.1, 0.15) is 0 Å². The summed E-state index contributed by atoms with van der Waals surface area (Å²) in [5.41, 5.74) is 12.1. The van der Waals surface area contributed by atoms with Crippen LogP contribution in [0.5, 0.6) is 0 Å². The van der Waals surface area contributed by atoms with Gasteiger partial charge in [-0.25, -0.2) is 5.43 Å². The fourth-order valence-electron chi connectivity index (χ4n) is 1.76. The third-order valence-corrected chi connectivity index (χ3v) is 2.55. The van der Waals surface area contributed by atoms with Gasteiger partial charge in [-0.15, -0.1) is 0 Å². The quantitative estimate of drug-likeness (QED) is 0.637. The molecule has 3 N–H and O–H groups in total. The largest absolute Gasteiger partial charge is 0.399 e. The van der Waals surface area contributed by atoms with Crippen molar-refractivity contribution in [3.63, 3.8) is 0 Å². The molecule has 0 unspecified atom stereocenters. The van der Waals surface area contributed by atoms with E-state index >= 15 is 0 Å². The zero-order valence-electron chi connectivity index (χ0n) is 10.8. The molecule has 0 spiro atoms. The summed E-state index contributed by atoms with van der Waals surface area (Å²) < 4.78 is 0. The summed E-state index contributed by atoms with van der Waals surface area (Å²) in [6.07, 6.45) is 0. The molecule has 0 amide bonds. The standard InChI is InChI=1S/C15H19N3/c1-12(2)17-18(14-6-4-3-5-7-14)15-10-8-13(16)9-11-15/h3-12,17H,16H2,1-2H3. The number of rotatable bonds is 4. The van der Waals surface area contributed by atoms with Gasteiger partial charge >= 0.3 is 0 Å². The van der Waals surface area contributed by atoms with Crippen molar-refractivity contribution in [2.75, 3.05) is 10.7 Å². The second-order valence-corrected chi connectivity index (χ2v) is 4.55. The van der Waals surface area contributed by atoms with Crippen LogP contribution in [0.1, 0.15) is 13.8 Å². The Hall–Kier alpha value is -2.00. The second kappa shape index (κ2) is 5.56. The van der Waals surface area contributed by atoms with Gasteiger partial charge in [-0.05, 0) is 50.2 Å². The maximum Gasteiger partial charge on any atom is 0.0579 e. The lowest BCUT2D eigenvalue weighted by atomic mass is 10.2. The van der Waals surface area contributed by atoms with Crippen molar-refractivity contribution in [1.82, 2.24) is 5.43 Å². The number of hydrogen-bond donors (Lipinski definition) is 2. The molecule has 94 valence electrons. The van der Waals surface area contributed by atoms with Crippen LogP contribution in [0, 0.1) is 0 Å². The van der Waals surface area contributed by atoms with Crippen LogP contribution in [0.4, 0.5) is 17.1 Å². The average molecular weight is 241 g/mol. The Morgan fingerprint density at radius 1 is 0.889 bits per heavy atom. The van der Waals surface area contributed by atoms with Crippen LogP contribution in [0.2, 0.25) is 0 Å². The highest BCUT2D eigenvalue weighted by Gasteiger charge is 2.09. The van der Waals surface area contributed by atoms with Gasteiger partial charge in [-0.1, -0.05) is 18.2 Å². The van der Waals surface area contributed by atoms with E-state index < -0.39 is 0 Å². The minimum absolute atomic E-state index is 0.350. The number of para-hydroxylation sites is 1. The highest BCUT2D eigenvalue weighted by atomic mass is 15.5. The first-order valence-corrected chi connectivity index (χ1v) is 6.13. The molecular weight excluding hydrogens is 222 g/mol. The van der Waals surface area contributed by atoms with Crippen molar-refractivity contribution in [2.24, 2.45) is 0 Å². The molecule has 0 aromatic heterocycles. The van der Waals surface area contributed by atoms with Crippen molar-refractivity contribution >= 4 is 17.1 Å². The summed E-state index contributed by atoms with van der Waals surface area (Å²) in [6.45, 7) is 4.24. The molecule has 18 heavy (non-hydrogen) atoms. The van der Waals surface area contributed by atoms with Crippen LogP contribution in [0.25, 0.3) is 0 Å². The third-order valence-electron chi connectivity index (χ3n) is 2.55. The lowest BCUT2D eigenvalue weighted by Gasteiger charge is -2.28. The number of anilines is 3. The first-order valence-electron chi connectivity index (χ1n) is 6.13. The Bertz CT molecular complexity index is 477. The summed E-state index contributed by atoms with van der Waals surface area (Å²) in [5, 5.41) is 2.07. The topological polar surface area (TPSA) is 41.3 Å². The Kier molecular flexibility index (Phi) is 3.85. The maximum absolute atomic E-state index is 5.73. The van der Waals surface area contributed by atoms with Crippen molar-refractivity contribution < 1.29 is 0 Å². The van der Waals surface area contributed by atoms with Gasteiger partial charge in [0.15, 0.2) is 0 Å². The van der Waals surface area contributed by atoms with E-state index in [2.05, 4.69) is 36.4 Å². The number of benzene rings is 2. The zero-order valence-corrected chi connectivity index (χ0v) is 10.8. The summed E-state index contributed by atoms with van der Waals surface area (Å²) in [6, 6.07) is 18.4. The van der Waals surface area contributed by atoms with Crippen LogP contribution in [-0.4, -0.2) is 6.04 Å². The summed E-state index contributed by atoms with van der Waals surface area (Å²) >= 11 is 0. The normalized spacial score (nSPS) is 10.6. The minimum Gasteiger partial charge on any atom is -0.399 e. The molecule has 0 atom stereocenters. The monoisotopic (exact) mass is 241 g/mol. The smallest absolute Gasteiger partial charge is 0.0579 e. The predicted molar refractivity (Wildman–Crippen MR) is 77.7 cm³/mol. The first-order chi connectivity index (χ1) is 8.66. The fourth-order valence-corrected chi connectivity index (χ4v) is 1.76. The van der Waals surface area contributed by atoms with E-state index in [9.17, 15) is 0 Å². The Morgan fingerprint density at radius 3 is 2.00 bits per heavy atom. The van der Waals surface area contributed by atoms with Gasteiger partial charge in [-0.3, -0.25) is 5.01 Å². The number of hydrogen-bond acceptors (Lipinski definition) is 3. The van der Waals surface area contributed by atoms with Crippen molar-refractivity contribution in [3.8, 4) is 0 Å². The molecule has 0 saturated carbocycles. The lowest BCUT2D eigenvalue weighted by molar-refractivity contribution is 0.600. The molecule has 2 rings (SSSR count). The van der Waals surface area contributed by atoms with Gasteiger partial charge in [0.2, 0.25) is 0 Å². The van der Waals surface area contributed by atoms with Gasteiger partial charge in [0.05, 0.1) is 11.4 Å². The molecule has 0 saturated heterocycles. The van der Waals surface area contributed by atoms with E-state index in [1.54, 1.807) is 0 Å². The van der Waals surface area contributed by atoms with Crippen LogP contribution in [0.15, 0.2) is 54.6 Å². The highest BCUT2D eigenvalue weighted by molar-refractivity contribution is 5.63. The van der Waals surface area contributed by atoms with E-state index in [1.807, 2.05) is 42.5 Å². The maximum atomic E-state index is 5.73.